The molecule has 1 aromatic rings. The van der Waals surface area contributed by atoms with Crippen LogP contribution in [0.15, 0.2) is 18.2 Å². The average Bonchev–Trinajstić information content (AvgIpc) is 2.14. The van der Waals surface area contributed by atoms with E-state index in [2.05, 4.69) is 5.32 Å². The number of carbonyl (C=O) groups is 1. The van der Waals surface area contributed by atoms with E-state index in [1.165, 1.54) is 0 Å². The minimum atomic E-state index is -0.294. The number of amides is 1. The van der Waals surface area contributed by atoms with Gasteiger partial charge in [-0.05, 0) is 24.1 Å². The highest BCUT2D eigenvalue weighted by molar-refractivity contribution is 6.31. The van der Waals surface area contributed by atoms with Gasteiger partial charge in [-0.1, -0.05) is 23.7 Å². The maximum Gasteiger partial charge on any atom is 0.218 e. The fourth-order valence-electron chi connectivity index (χ4n) is 1.23. The molecule has 0 aliphatic carbocycles. The molecule has 0 saturated carbocycles. The van der Waals surface area contributed by atoms with Crippen LogP contribution in [0.4, 0.5) is 0 Å². The Bertz CT molecular complexity index is 352. The van der Waals surface area contributed by atoms with Gasteiger partial charge in [0.05, 0.1) is 0 Å². The number of halogens is 1. The maximum atomic E-state index is 10.5. The zero-order chi connectivity index (χ0) is 11.3. The van der Waals surface area contributed by atoms with Crippen molar-refractivity contribution in [3.63, 3.8) is 0 Å². The van der Waals surface area contributed by atoms with E-state index in [0.717, 1.165) is 16.1 Å². The van der Waals surface area contributed by atoms with E-state index in [1.807, 2.05) is 25.1 Å². The van der Waals surface area contributed by atoms with Gasteiger partial charge in [-0.2, -0.15) is 0 Å². The molecular weight excluding hydrogens is 212 g/mol. The molecule has 0 bridgehead atoms. The lowest BCUT2D eigenvalue weighted by Crippen LogP contribution is -2.21. The predicted octanol–water partition coefficient (Wildman–Crippen LogP) is 1.61. The van der Waals surface area contributed by atoms with E-state index >= 15 is 0 Å². The molecule has 0 atom stereocenters. The van der Waals surface area contributed by atoms with Crippen molar-refractivity contribution in [2.45, 2.75) is 19.9 Å². The van der Waals surface area contributed by atoms with Crippen molar-refractivity contribution >= 4 is 17.5 Å². The summed E-state index contributed by atoms with van der Waals surface area (Å²) in [5.41, 5.74) is 7.19. The second-order valence-electron chi connectivity index (χ2n) is 3.49. The van der Waals surface area contributed by atoms with Gasteiger partial charge in [-0.25, -0.2) is 0 Å². The first-order chi connectivity index (χ1) is 7.09. The third-order valence-electron chi connectivity index (χ3n) is 2.07. The van der Waals surface area contributed by atoms with Gasteiger partial charge in [0.1, 0.15) is 0 Å². The Kier molecular flexibility index (Phi) is 4.59. The van der Waals surface area contributed by atoms with Crippen LogP contribution in [0, 0.1) is 6.92 Å². The number of nitrogens with two attached hydrogens (primary N) is 1. The first kappa shape index (κ1) is 12.0. The summed E-state index contributed by atoms with van der Waals surface area (Å²) < 4.78 is 0. The Labute approximate surface area is 94.6 Å². The summed E-state index contributed by atoms with van der Waals surface area (Å²) in [6, 6.07) is 5.92. The molecule has 15 heavy (non-hydrogen) atoms. The summed E-state index contributed by atoms with van der Waals surface area (Å²) in [4.78, 5) is 10.5. The molecule has 0 aliphatic rings. The molecule has 3 N–H and O–H groups in total. The summed E-state index contributed by atoms with van der Waals surface area (Å²) in [6.45, 7) is 3.24. The van der Waals surface area contributed by atoms with Crippen molar-refractivity contribution < 1.29 is 4.79 Å². The Hall–Kier alpha value is -1.06. The molecule has 3 nitrogen and oxygen atoms in total. The monoisotopic (exact) mass is 226 g/mol. The second kappa shape index (κ2) is 5.73. The van der Waals surface area contributed by atoms with Gasteiger partial charge in [0, 0.05) is 24.5 Å². The van der Waals surface area contributed by atoms with E-state index < -0.39 is 0 Å². The molecular formula is C11H15ClN2O. The summed E-state index contributed by atoms with van der Waals surface area (Å²) in [5, 5.41) is 3.86. The molecule has 1 amide bonds. The van der Waals surface area contributed by atoms with Crippen LogP contribution in [-0.2, 0) is 11.3 Å². The largest absolute Gasteiger partial charge is 0.370 e. The Morgan fingerprint density at radius 1 is 1.53 bits per heavy atom. The highest BCUT2D eigenvalue weighted by Gasteiger charge is 2.00. The number of aryl methyl sites for hydroxylation is 1. The van der Waals surface area contributed by atoms with E-state index in [-0.39, 0.29) is 5.91 Å². The van der Waals surface area contributed by atoms with Gasteiger partial charge in [0.25, 0.3) is 0 Å². The summed E-state index contributed by atoms with van der Waals surface area (Å²) >= 11 is 6.04. The first-order valence-electron chi connectivity index (χ1n) is 4.83. The number of primary amides is 1. The van der Waals surface area contributed by atoms with Crippen molar-refractivity contribution in [2.24, 2.45) is 5.73 Å². The fourth-order valence-corrected chi connectivity index (χ4v) is 1.53. The van der Waals surface area contributed by atoms with Gasteiger partial charge in [0.2, 0.25) is 5.91 Å². The van der Waals surface area contributed by atoms with Gasteiger partial charge < -0.3 is 11.1 Å². The fraction of sp³-hybridized carbons (Fsp3) is 0.364. The molecule has 1 aromatic carbocycles. The third kappa shape index (κ3) is 4.32. The smallest absolute Gasteiger partial charge is 0.218 e. The number of hydrogen-bond donors (Lipinski definition) is 2. The molecule has 0 radical (unpaired) electrons. The first-order valence-corrected chi connectivity index (χ1v) is 5.21. The van der Waals surface area contributed by atoms with Crippen molar-refractivity contribution in [3.8, 4) is 0 Å². The molecule has 0 fully saturated rings. The predicted molar refractivity (Wildman–Crippen MR) is 61.7 cm³/mol. The van der Waals surface area contributed by atoms with Crippen molar-refractivity contribution in [2.75, 3.05) is 6.54 Å². The molecule has 0 aliphatic heterocycles. The van der Waals surface area contributed by atoms with Crippen LogP contribution < -0.4 is 11.1 Å². The average molecular weight is 227 g/mol. The van der Waals surface area contributed by atoms with E-state index in [0.29, 0.717) is 19.5 Å². The minimum absolute atomic E-state index is 0.294. The minimum Gasteiger partial charge on any atom is -0.370 e. The summed E-state index contributed by atoms with van der Waals surface area (Å²) in [5.74, 6) is -0.294. The highest BCUT2D eigenvalue weighted by atomic mass is 35.5. The lowest BCUT2D eigenvalue weighted by Gasteiger charge is -2.06. The summed E-state index contributed by atoms with van der Waals surface area (Å²) in [6.07, 6.45) is 0.351. The van der Waals surface area contributed by atoms with Gasteiger partial charge in [-0.15, -0.1) is 0 Å². The summed E-state index contributed by atoms with van der Waals surface area (Å²) in [7, 11) is 0. The zero-order valence-corrected chi connectivity index (χ0v) is 9.47. The number of nitrogens with one attached hydrogen (secondary N) is 1. The van der Waals surface area contributed by atoms with E-state index in [4.69, 9.17) is 17.3 Å². The molecule has 0 heterocycles. The van der Waals surface area contributed by atoms with Crippen LogP contribution in [-0.4, -0.2) is 12.5 Å². The Morgan fingerprint density at radius 3 is 2.87 bits per heavy atom. The van der Waals surface area contributed by atoms with Crippen LogP contribution in [0.2, 0.25) is 5.02 Å². The SMILES string of the molecule is Cc1ccc(CNCCC(N)=O)c(Cl)c1. The van der Waals surface area contributed by atoms with Crippen LogP contribution in [0.5, 0.6) is 0 Å². The van der Waals surface area contributed by atoms with Gasteiger partial charge >= 0.3 is 0 Å². The number of hydrogen-bond acceptors (Lipinski definition) is 2. The number of rotatable bonds is 5. The Morgan fingerprint density at radius 2 is 2.27 bits per heavy atom. The van der Waals surface area contributed by atoms with E-state index in [9.17, 15) is 4.79 Å². The van der Waals surface area contributed by atoms with Crippen LogP contribution >= 0.6 is 11.6 Å². The Balaban J connectivity index is 2.40. The molecule has 1 rings (SSSR count). The molecule has 0 aromatic heterocycles. The third-order valence-corrected chi connectivity index (χ3v) is 2.42. The second-order valence-corrected chi connectivity index (χ2v) is 3.90. The quantitative estimate of drug-likeness (QED) is 0.750. The maximum absolute atomic E-state index is 10.5. The van der Waals surface area contributed by atoms with Gasteiger partial charge in [-0.3, -0.25) is 4.79 Å². The number of carbonyl (C=O) groups excluding carboxylic acids is 1. The van der Waals surface area contributed by atoms with Crippen molar-refractivity contribution in [1.29, 1.82) is 0 Å². The van der Waals surface area contributed by atoms with E-state index in [1.54, 1.807) is 0 Å². The highest BCUT2D eigenvalue weighted by Crippen LogP contribution is 2.16. The number of benzene rings is 1. The van der Waals surface area contributed by atoms with Crippen LogP contribution in [0.1, 0.15) is 17.5 Å². The molecule has 4 heteroatoms. The molecule has 0 saturated heterocycles. The molecule has 0 spiro atoms. The molecule has 0 unspecified atom stereocenters. The molecule has 82 valence electrons. The zero-order valence-electron chi connectivity index (χ0n) is 8.72. The van der Waals surface area contributed by atoms with Crippen molar-refractivity contribution in [1.82, 2.24) is 5.32 Å². The van der Waals surface area contributed by atoms with Crippen LogP contribution in [0.25, 0.3) is 0 Å². The standard InChI is InChI=1S/C11H15ClN2O/c1-8-2-3-9(10(12)6-8)7-14-5-4-11(13)15/h2-3,6,14H,4-5,7H2,1H3,(H2,13,15). The normalized spacial score (nSPS) is 10.3. The van der Waals surface area contributed by atoms with Gasteiger partial charge in [0.15, 0.2) is 0 Å². The van der Waals surface area contributed by atoms with Crippen LogP contribution in [0.3, 0.4) is 0 Å². The lowest BCUT2D eigenvalue weighted by molar-refractivity contribution is -0.117. The van der Waals surface area contributed by atoms with Crippen molar-refractivity contribution in [3.05, 3.63) is 34.3 Å². The lowest BCUT2D eigenvalue weighted by atomic mass is 10.1. The topological polar surface area (TPSA) is 55.1 Å².